The highest BCUT2D eigenvalue weighted by Gasteiger charge is 2.07. The maximum absolute atomic E-state index is 5.88. The van der Waals surface area contributed by atoms with Gasteiger partial charge in [0.1, 0.15) is 17.2 Å². The molecule has 0 unspecified atom stereocenters. The smallest absolute Gasteiger partial charge is 0.541 e. The zero-order valence-electron chi connectivity index (χ0n) is 12.7. The van der Waals surface area contributed by atoms with Crippen molar-refractivity contribution in [2.75, 3.05) is 0 Å². The van der Waals surface area contributed by atoms with Crippen molar-refractivity contribution < 1.29 is 10.3 Å². The number of hydrogen-bond donors (Lipinski definition) is 0. The first kappa shape index (κ1) is 13.6. The molecular weight excluding hydrogens is 254 g/mol. The molecule has 1 heterocycles. The highest BCUT2D eigenvalue weighted by molar-refractivity contribution is 6.49. The highest BCUT2D eigenvalue weighted by atomic mass is 28.3. The molecule has 0 aliphatic rings. The van der Waals surface area contributed by atoms with Crippen molar-refractivity contribution in [1.29, 1.82) is 0 Å². The number of furan rings is 1. The fraction of sp³-hybridized carbons (Fsp3) is 0.267. The minimum atomic E-state index is -0.802. The highest BCUT2D eigenvalue weighted by Crippen LogP contribution is 2.29. The normalized spacial score (nSPS) is 11.4. The van der Waals surface area contributed by atoms with Crippen molar-refractivity contribution in [3.63, 3.8) is 0 Å². The largest absolute Gasteiger partial charge is 1.00 e. The summed E-state index contributed by atoms with van der Waals surface area (Å²) >= 11 is 0. The number of benzene rings is 1. The topological polar surface area (TPSA) is 34.7 Å². The van der Waals surface area contributed by atoms with Gasteiger partial charge in [0.15, 0.2) is 0 Å². The Kier molecular flexibility index (Phi) is 4.22. The molecule has 4 heteroatoms. The molecule has 19 heavy (non-hydrogen) atoms. The molecule has 0 fully saturated rings. The average molecular weight is 273 g/mol. The van der Waals surface area contributed by atoms with Gasteiger partial charge in [-0.25, -0.2) is 4.99 Å². The number of hydrogen-bond acceptors (Lipinski definition) is 3. The van der Waals surface area contributed by atoms with Crippen molar-refractivity contribution in [3.05, 3.63) is 47.4 Å². The number of aliphatic imine (C=N–C) groups is 1. The van der Waals surface area contributed by atoms with E-state index < -0.39 is 9.04 Å². The lowest BCUT2D eigenvalue weighted by Gasteiger charge is -2.11. The Morgan fingerprint density at radius 3 is 2.68 bits per heavy atom. The monoisotopic (exact) mass is 273 g/mol. The Morgan fingerprint density at radius 2 is 2.05 bits per heavy atom. The lowest BCUT2D eigenvalue weighted by atomic mass is 10.2. The summed E-state index contributed by atoms with van der Waals surface area (Å²) in [5.41, 5.74) is 3.09. The van der Waals surface area contributed by atoms with E-state index in [9.17, 15) is 0 Å². The summed E-state index contributed by atoms with van der Waals surface area (Å²) in [4.78, 5) is 4.48. The van der Waals surface area contributed by atoms with E-state index in [1.807, 2.05) is 31.2 Å². The van der Waals surface area contributed by atoms with Crippen LogP contribution in [-0.4, -0.2) is 15.3 Å². The summed E-state index contributed by atoms with van der Waals surface area (Å²) in [5, 5.41) is 0. The first-order valence-corrected chi connectivity index (χ1v) is 8.64. The van der Waals surface area contributed by atoms with Crippen molar-refractivity contribution in [3.8, 4) is 5.75 Å². The quantitative estimate of drug-likeness (QED) is 0.611. The number of nitrogens with zero attached hydrogens (tertiary/aromatic N) is 1. The summed E-state index contributed by atoms with van der Waals surface area (Å²) in [6, 6.07) is 7.96. The Bertz CT molecular complexity index is 593. The molecule has 1 aromatic carbocycles. The van der Waals surface area contributed by atoms with E-state index in [4.69, 9.17) is 8.84 Å². The molecule has 3 nitrogen and oxygen atoms in total. The van der Waals surface area contributed by atoms with Gasteiger partial charge in [0.2, 0.25) is 0 Å². The number of aryl methyl sites for hydroxylation is 2. The molecule has 2 aromatic rings. The summed E-state index contributed by atoms with van der Waals surface area (Å²) in [7, 11) is -0.802. The van der Waals surface area contributed by atoms with Gasteiger partial charge >= 0.3 is 1.43 Å². The van der Waals surface area contributed by atoms with Crippen LogP contribution >= 0.6 is 0 Å². The molecule has 0 aliphatic carbocycles. The van der Waals surface area contributed by atoms with E-state index in [-0.39, 0.29) is 1.43 Å². The predicted octanol–water partition coefficient (Wildman–Crippen LogP) is 4.39. The van der Waals surface area contributed by atoms with Gasteiger partial charge in [0.25, 0.3) is 9.04 Å². The summed E-state index contributed by atoms with van der Waals surface area (Å²) in [6.45, 7) is 8.26. The molecule has 2 rings (SSSR count). The molecule has 1 aromatic heterocycles. The van der Waals surface area contributed by atoms with E-state index in [0.29, 0.717) is 0 Å². The van der Waals surface area contributed by atoms with Gasteiger partial charge in [-0.2, -0.15) is 0 Å². The van der Waals surface area contributed by atoms with Gasteiger partial charge in [-0.15, -0.1) is 0 Å². The molecule has 0 spiro atoms. The summed E-state index contributed by atoms with van der Waals surface area (Å²) in [6.07, 6.45) is 3.41. The van der Waals surface area contributed by atoms with E-state index in [0.717, 1.165) is 22.8 Å². The van der Waals surface area contributed by atoms with Crippen LogP contribution in [0, 0.1) is 13.8 Å². The maximum atomic E-state index is 5.88. The molecule has 99 valence electrons. The van der Waals surface area contributed by atoms with Gasteiger partial charge in [-0.3, -0.25) is 0 Å². The van der Waals surface area contributed by atoms with Crippen molar-refractivity contribution in [1.82, 2.24) is 0 Å². The zero-order chi connectivity index (χ0) is 13.8. The van der Waals surface area contributed by atoms with Crippen LogP contribution in [0.2, 0.25) is 13.1 Å². The van der Waals surface area contributed by atoms with Gasteiger partial charge in [-0.05, 0) is 56.3 Å². The molecule has 0 aliphatic heterocycles. The Balaban J connectivity index is 0.00000200. The second-order valence-electron chi connectivity index (χ2n) is 4.71. The molecule has 1 radical (unpaired) electrons. The van der Waals surface area contributed by atoms with Gasteiger partial charge < -0.3 is 8.84 Å². The van der Waals surface area contributed by atoms with E-state index >= 15 is 0 Å². The van der Waals surface area contributed by atoms with Crippen molar-refractivity contribution in [2.45, 2.75) is 26.9 Å². The lowest BCUT2D eigenvalue weighted by molar-refractivity contribution is 0.558. The molecule has 0 saturated heterocycles. The van der Waals surface area contributed by atoms with E-state index in [2.05, 4.69) is 25.0 Å². The molecule has 0 atom stereocenters. The standard InChI is InChI=1S/C15H18NO2Si/c1-11-5-6-13(14(9-11)18-19(3)4)16-10-15-12(2)7-8-17-15/h5-10H,1-4H3/p+1. The fourth-order valence-electron chi connectivity index (χ4n) is 1.67. The SMILES string of the molecule is Cc1ccc(N=Cc2occc2C)c(O[Si](C)C)c1.[H+]. The van der Waals surface area contributed by atoms with Crippen LogP contribution in [0.4, 0.5) is 5.69 Å². The van der Waals surface area contributed by atoms with Crippen LogP contribution in [-0.2, 0) is 0 Å². The third-order valence-corrected chi connectivity index (χ3v) is 3.28. The Hall–Kier alpha value is -1.81. The first-order valence-electron chi connectivity index (χ1n) is 6.23. The van der Waals surface area contributed by atoms with Crippen molar-refractivity contribution >= 4 is 20.9 Å². The second-order valence-corrected chi connectivity index (χ2v) is 6.73. The first-order chi connectivity index (χ1) is 9.06. The molecule has 0 saturated carbocycles. The number of rotatable bonds is 4. The van der Waals surface area contributed by atoms with Crippen LogP contribution < -0.4 is 4.43 Å². The predicted molar refractivity (Wildman–Crippen MR) is 81.1 cm³/mol. The average Bonchev–Trinajstić information content (AvgIpc) is 2.73. The van der Waals surface area contributed by atoms with Crippen LogP contribution in [0.5, 0.6) is 5.75 Å². The molecule has 0 N–H and O–H groups in total. The van der Waals surface area contributed by atoms with Crippen LogP contribution in [0.25, 0.3) is 0 Å². The Labute approximate surface area is 117 Å². The molecule has 0 bridgehead atoms. The van der Waals surface area contributed by atoms with Crippen LogP contribution in [0.3, 0.4) is 0 Å². The van der Waals surface area contributed by atoms with E-state index in [1.165, 1.54) is 5.56 Å². The van der Waals surface area contributed by atoms with E-state index in [1.54, 1.807) is 12.5 Å². The minimum Gasteiger partial charge on any atom is -0.541 e. The third-order valence-electron chi connectivity index (χ3n) is 2.65. The molecule has 0 amide bonds. The van der Waals surface area contributed by atoms with Gasteiger partial charge in [0, 0.05) is 0 Å². The third kappa shape index (κ3) is 3.58. The second kappa shape index (κ2) is 5.89. The molecular formula is C15H19NO2Si+. The Morgan fingerprint density at radius 1 is 1.26 bits per heavy atom. The fourth-order valence-corrected chi connectivity index (χ4v) is 2.28. The lowest BCUT2D eigenvalue weighted by Crippen LogP contribution is -2.11. The maximum Gasteiger partial charge on any atom is 1.00 e. The summed E-state index contributed by atoms with van der Waals surface area (Å²) < 4.78 is 11.2. The van der Waals surface area contributed by atoms with Gasteiger partial charge in [0.05, 0.1) is 12.5 Å². The van der Waals surface area contributed by atoms with Gasteiger partial charge in [-0.1, -0.05) is 6.07 Å². The van der Waals surface area contributed by atoms with Crippen molar-refractivity contribution in [2.24, 2.45) is 4.99 Å². The van der Waals surface area contributed by atoms with Crippen LogP contribution in [0.1, 0.15) is 18.3 Å². The summed E-state index contributed by atoms with van der Waals surface area (Å²) in [5.74, 6) is 1.63. The zero-order valence-corrected chi connectivity index (χ0v) is 12.7. The van der Waals surface area contributed by atoms with Crippen LogP contribution in [0.15, 0.2) is 39.9 Å². The minimum absolute atomic E-state index is 0.